The van der Waals surface area contributed by atoms with Crippen molar-refractivity contribution in [2.45, 2.75) is 6.92 Å². The molecule has 0 unspecified atom stereocenters. The fourth-order valence-electron chi connectivity index (χ4n) is 2.12. The molecule has 0 atom stereocenters. The number of nitrogens with two attached hydrogens (primary N) is 1. The molecule has 0 saturated carbocycles. The van der Waals surface area contributed by atoms with Crippen LogP contribution in [0.5, 0.6) is 0 Å². The molecule has 0 spiro atoms. The Bertz CT molecular complexity index is 865. The number of aromatic nitrogens is 2. The molecule has 6 heteroatoms. The van der Waals surface area contributed by atoms with Crippen LogP contribution in [0.2, 0.25) is 10.0 Å². The summed E-state index contributed by atoms with van der Waals surface area (Å²) in [7, 11) is 0. The van der Waals surface area contributed by atoms with E-state index in [1.807, 2.05) is 0 Å². The Labute approximate surface area is 130 Å². The number of hydrogen-bond donors (Lipinski definition) is 1. The molecule has 0 fully saturated rings. The molecule has 1 aromatic heterocycles. The van der Waals surface area contributed by atoms with Gasteiger partial charge in [-0.2, -0.15) is 0 Å². The van der Waals surface area contributed by atoms with Gasteiger partial charge in [-0.15, -0.1) is 0 Å². The van der Waals surface area contributed by atoms with Crippen LogP contribution in [0.25, 0.3) is 22.3 Å². The number of fused-ring (bicyclic) bond motifs is 1. The number of nitrogens with zero attached hydrogens (tertiary/aromatic N) is 2. The summed E-state index contributed by atoms with van der Waals surface area (Å²) < 4.78 is 14.2. The van der Waals surface area contributed by atoms with Gasteiger partial charge in [0.2, 0.25) is 0 Å². The lowest BCUT2D eigenvalue weighted by molar-refractivity contribution is 0.621. The van der Waals surface area contributed by atoms with Crippen LogP contribution in [-0.2, 0) is 0 Å². The third-order valence-corrected chi connectivity index (χ3v) is 3.69. The third kappa shape index (κ3) is 2.41. The normalized spacial score (nSPS) is 11.0. The van der Waals surface area contributed by atoms with Crippen LogP contribution in [0.3, 0.4) is 0 Å². The van der Waals surface area contributed by atoms with Crippen LogP contribution in [0.15, 0.2) is 30.3 Å². The Kier molecular flexibility index (Phi) is 3.43. The molecule has 3 nitrogen and oxygen atoms in total. The molecule has 3 rings (SSSR count). The first-order valence-electron chi connectivity index (χ1n) is 6.15. The van der Waals surface area contributed by atoms with Crippen LogP contribution < -0.4 is 5.73 Å². The van der Waals surface area contributed by atoms with E-state index in [2.05, 4.69) is 9.97 Å². The maximum atomic E-state index is 14.2. The summed E-state index contributed by atoms with van der Waals surface area (Å²) in [6, 6.07) is 8.21. The van der Waals surface area contributed by atoms with E-state index >= 15 is 0 Å². The summed E-state index contributed by atoms with van der Waals surface area (Å²) in [5.74, 6) is 0.0343. The molecule has 0 aliphatic rings. The number of benzene rings is 2. The van der Waals surface area contributed by atoms with E-state index in [9.17, 15) is 4.39 Å². The van der Waals surface area contributed by atoms with E-state index in [1.165, 1.54) is 0 Å². The first-order valence-corrected chi connectivity index (χ1v) is 6.90. The second-order valence-electron chi connectivity index (χ2n) is 4.65. The van der Waals surface area contributed by atoms with Crippen LogP contribution >= 0.6 is 23.2 Å². The van der Waals surface area contributed by atoms with Crippen LogP contribution in [-0.4, -0.2) is 9.97 Å². The van der Waals surface area contributed by atoms with Gasteiger partial charge in [0.1, 0.15) is 11.6 Å². The molecule has 0 amide bonds. The van der Waals surface area contributed by atoms with E-state index in [1.54, 1.807) is 37.3 Å². The van der Waals surface area contributed by atoms with Crippen molar-refractivity contribution < 1.29 is 4.39 Å². The number of aryl methyl sites for hydroxylation is 1. The smallest absolute Gasteiger partial charge is 0.165 e. The van der Waals surface area contributed by atoms with Crippen molar-refractivity contribution >= 4 is 39.9 Å². The second-order valence-corrected chi connectivity index (χ2v) is 5.50. The van der Waals surface area contributed by atoms with Crippen LogP contribution in [0.4, 0.5) is 10.2 Å². The Morgan fingerprint density at radius 3 is 2.67 bits per heavy atom. The highest BCUT2D eigenvalue weighted by molar-refractivity contribution is 6.38. The van der Waals surface area contributed by atoms with Gasteiger partial charge in [0.25, 0.3) is 0 Å². The molecular formula is C15H10Cl2FN3. The van der Waals surface area contributed by atoms with Gasteiger partial charge >= 0.3 is 0 Å². The van der Waals surface area contributed by atoms with E-state index in [-0.39, 0.29) is 23.0 Å². The minimum atomic E-state index is -0.374. The molecule has 1 heterocycles. The van der Waals surface area contributed by atoms with E-state index in [4.69, 9.17) is 28.9 Å². The summed E-state index contributed by atoms with van der Waals surface area (Å²) >= 11 is 12.1. The number of anilines is 1. The zero-order valence-corrected chi connectivity index (χ0v) is 12.5. The highest BCUT2D eigenvalue weighted by atomic mass is 35.5. The Hall–Kier alpha value is -1.91. The lowest BCUT2D eigenvalue weighted by atomic mass is 10.1. The highest BCUT2D eigenvalue weighted by Gasteiger charge is 2.14. The van der Waals surface area contributed by atoms with Gasteiger partial charge in [0.05, 0.1) is 16.1 Å². The third-order valence-electron chi connectivity index (χ3n) is 3.18. The zero-order valence-electron chi connectivity index (χ0n) is 11.0. The average Bonchev–Trinajstić information content (AvgIpc) is 2.43. The molecule has 106 valence electrons. The van der Waals surface area contributed by atoms with Gasteiger partial charge in [-0.3, -0.25) is 0 Å². The minimum absolute atomic E-state index is 0.199. The maximum absolute atomic E-state index is 14.2. The molecule has 2 N–H and O–H groups in total. The van der Waals surface area contributed by atoms with E-state index < -0.39 is 0 Å². The van der Waals surface area contributed by atoms with Gasteiger partial charge in [-0.05, 0) is 30.7 Å². The first-order chi connectivity index (χ1) is 9.97. The molecule has 0 bridgehead atoms. The molecule has 3 aromatic rings. The lowest BCUT2D eigenvalue weighted by Crippen LogP contribution is -2.00. The summed E-state index contributed by atoms with van der Waals surface area (Å²) in [6.45, 7) is 1.68. The van der Waals surface area contributed by atoms with Gasteiger partial charge in [0.15, 0.2) is 5.82 Å². The quantitative estimate of drug-likeness (QED) is 0.710. The molecule has 2 aromatic carbocycles. The van der Waals surface area contributed by atoms with Crippen molar-refractivity contribution in [3.8, 4) is 11.4 Å². The van der Waals surface area contributed by atoms with Crippen molar-refractivity contribution in [2.24, 2.45) is 0 Å². The van der Waals surface area contributed by atoms with Crippen molar-refractivity contribution in [3.63, 3.8) is 0 Å². The number of hydrogen-bond acceptors (Lipinski definition) is 3. The van der Waals surface area contributed by atoms with Gasteiger partial charge < -0.3 is 5.73 Å². The predicted molar refractivity (Wildman–Crippen MR) is 84.1 cm³/mol. The molecule has 0 saturated heterocycles. The zero-order chi connectivity index (χ0) is 15.1. The fraction of sp³-hybridized carbons (Fsp3) is 0.0667. The minimum Gasteiger partial charge on any atom is -0.383 e. The average molecular weight is 322 g/mol. The second kappa shape index (κ2) is 5.13. The van der Waals surface area contributed by atoms with Gasteiger partial charge in [-0.25, -0.2) is 14.4 Å². The Morgan fingerprint density at radius 1 is 1.14 bits per heavy atom. The fourth-order valence-corrected chi connectivity index (χ4v) is 2.66. The summed E-state index contributed by atoms with van der Waals surface area (Å²) in [5, 5.41) is 1.34. The van der Waals surface area contributed by atoms with Crippen molar-refractivity contribution in [3.05, 3.63) is 51.8 Å². The number of halogens is 3. The number of rotatable bonds is 1. The Morgan fingerprint density at radius 2 is 1.90 bits per heavy atom. The lowest BCUT2D eigenvalue weighted by Gasteiger charge is -2.09. The summed E-state index contributed by atoms with van der Waals surface area (Å²) in [6.07, 6.45) is 0. The first kappa shape index (κ1) is 14.0. The molecular weight excluding hydrogens is 312 g/mol. The highest BCUT2D eigenvalue weighted by Crippen LogP contribution is 2.32. The SMILES string of the molecule is Cc1cccc(-c2nc(N)c3cc(Cl)cc(Cl)c3n2)c1F. The summed E-state index contributed by atoms with van der Waals surface area (Å²) in [4.78, 5) is 8.49. The molecule has 0 aliphatic heterocycles. The number of nitrogen functional groups attached to an aromatic ring is 1. The maximum Gasteiger partial charge on any atom is 0.165 e. The molecule has 0 aliphatic carbocycles. The largest absolute Gasteiger partial charge is 0.383 e. The van der Waals surface area contributed by atoms with E-state index in [0.717, 1.165) is 0 Å². The van der Waals surface area contributed by atoms with Crippen molar-refractivity contribution in [1.29, 1.82) is 0 Å². The van der Waals surface area contributed by atoms with Crippen LogP contribution in [0.1, 0.15) is 5.56 Å². The van der Waals surface area contributed by atoms with Crippen molar-refractivity contribution in [1.82, 2.24) is 9.97 Å². The monoisotopic (exact) mass is 321 g/mol. The molecule has 21 heavy (non-hydrogen) atoms. The topological polar surface area (TPSA) is 51.8 Å². The van der Waals surface area contributed by atoms with Crippen molar-refractivity contribution in [2.75, 3.05) is 5.73 Å². The van der Waals surface area contributed by atoms with Crippen LogP contribution in [0, 0.1) is 12.7 Å². The Balaban J connectivity index is 2.33. The predicted octanol–water partition coefficient (Wildman–Crippen LogP) is 4.63. The van der Waals surface area contributed by atoms with E-state index in [0.29, 0.717) is 26.5 Å². The standard InChI is InChI=1S/C15H10Cl2FN3/c1-7-3-2-4-9(12(7)18)15-20-13-10(14(19)21-15)5-8(16)6-11(13)17/h2-6H,1H3,(H2,19,20,21). The summed E-state index contributed by atoms with van der Waals surface area (Å²) in [5.41, 5.74) is 7.18. The van der Waals surface area contributed by atoms with Gasteiger partial charge in [-0.1, -0.05) is 35.3 Å². The molecule has 0 radical (unpaired) electrons. The van der Waals surface area contributed by atoms with Gasteiger partial charge in [0, 0.05) is 10.4 Å².